The molecule has 0 fully saturated rings. The fraction of sp³-hybridized carbons (Fsp3) is 0.273. The maximum atomic E-state index is 4.31. The highest BCUT2D eigenvalue weighted by Gasteiger charge is 2.04. The Labute approximate surface area is 94.5 Å². The molecule has 2 aromatic heterocycles. The molecule has 2 heterocycles. The van der Waals surface area contributed by atoms with E-state index >= 15 is 0 Å². The number of rotatable bonds is 4. The molecule has 0 bridgehead atoms. The smallest absolute Gasteiger partial charge is 0.151 e. The molecule has 0 aliphatic heterocycles. The van der Waals surface area contributed by atoms with Gasteiger partial charge in [-0.15, -0.1) is 0 Å². The first kappa shape index (κ1) is 10.5. The van der Waals surface area contributed by atoms with Crippen LogP contribution in [0.3, 0.4) is 0 Å². The molecule has 0 atom stereocenters. The Bertz CT molecular complexity index is 435. The minimum atomic E-state index is 0.666. The van der Waals surface area contributed by atoms with Crippen molar-refractivity contribution in [2.75, 3.05) is 24.3 Å². The lowest BCUT2D eigenvalue weighted by Crippen LogP contribution is -2.14. The third-order valence-electron chi connectivity index (χ3n) is 2.21. The second kappa shape index (κ2) is 4.65. The average molecular weight is 217 g/mol. The van der Waals surface area contributed by atoms with Crippen LogP contribution in [0, 0.1) is 0 Å². The summed E-state index contributed by atoms with van der Waals surface area (Å²) in [5.41, 5.74) is 1.00. The molecule has 0 radical (unpaired) electrons. The van der Waals surface area contributed by atoms with Crippen molar-refractivity contribution in [1.82, 2.24) is 15.0 Å². The summed E-state index contributed by atoms with van der Waals surface area (Å²) in [6.45, 7) is 0.666. The molecule has 5 heteroatoms. The van der Waals surface area contributed by atoms with Crippen molar-refractivity contribution in [3.63, 3.8) is 0 Å². The van der Waals surface area contributed by atoms with E-state index in [-0.39, 0.29) is 0 Å². The summed E-state index contributed by atoms with van der Waals surface area (Å²) in [4.78, 5) is 13.5. The van der Waals surface area contributed by atoms with Crippen LogP contribution in [0.5, 0.6) is 0 Å². The fourth-order valence-corrected chi connectivity index (χ4v) is 1.46. The van der Waals surface area contributed by atoms with Gasteiger partial charge >= 0.3 is 0 Å². The maximum Gasteiger partial charge on any atom is 0.151 e. The van der Waals surface area contributed by atoms with E-state index in [0.29, 0.717) is 6.54 Å². The molecule has 84 valence electrons. The van der Waals surface area contributed by atoms with Crippen LogP contribution in [-0.4, -0.2) is 29.0 Å². The summed E-state index contributed by atoms with van der Waals surface area (Å²) in [5, 5.41) is 3.30. The summed E-state index contributed by atoms with van der Waals surface area (Å²) in [7, 11) is 3.95. The summed E-state index contributed by atoms with van der Waals surface area (Å²) in [6, 6.07) is 3.92. The molecule has 2 rings (SSSR count). The molecule has 5 nitrogen and oxygen atoms in total. The second-order valence-corrected chi connectivity index (χ2v) is 3.66. The Kier molecular flexibility index (Phi) is 3.05. The highest BCUT2D eigenvalue weighted by molar-refractivity contribution is 5.64. The van der Waals surface area contributed by atoms with Crippen LogP contribution in [0.2, 0.25) is 0 Å². The van der Waals surface area contributed by atoms with E-state index < -0.39 is 0 Å². The van der Waals surface area contributed by atoms with Gasteiger partial charge in [0.2, 0.25) is 0 Å². The molecule has 0 spiro atoms. The Morgan fingerprint density at radius 2 is 2.19 bits per heavy atom. The molecule has 2 N–H and O–H groups in total. The standard InChI is InChI=1S/C11H15N5/c1-16(2)11-9(4-3-5-14-11)15-8-10-12-6-7-13-10/h3-7,15H,8H2,1-2H3,(H,12,13). The number of aromatic nitrogens is 3. The van der Waals surface area contributed by atoms with Crippen molar-refractivity contribution in [1.29, 1.82) is 0 Å². The quantitative estimate of drug-likeness (QED) is 0.814. The average Bonchev–Trinajstić information content (AvgIpc) is 2.79. The SMILES string of the molecule is CN(C)c1ncccc1NCc1ncc[nH]1. The van der Waals surface area contributed by atoms with E-state index in [0.717, 1.165) is 17.3 Å². The van der Waals surface area contributed by atoms with Crippen molar-refractivity contribution in [3.8, 4) is 0 Å². The zero-order valence-corrected chi connectivity index (χ0v) is 9.44. The first-order valence-corrected chi connectivity index (χ1v) is 5.12. The Balaban J connectivity index is 2.09. The van der Waals surface area contributed by atoms with Crippen molar-refractivity contribution < 1.29 is 0 Å². The zero-order chi connectivity index (χ0) is 11.4. The highest BCUT2D eigenvalue weighted by Crippen LogP contribution is 2.20. The van der Waals surface area contributed by atoms with Crippen LogP contribution >= 0.6 is 0 Å². The molecule has 0 amide bonds. The molecular formula is C11H15N5. The number of hydrogen-bond donors (Lipinski definition) is 2. The summed E-state index contributed by atoms with van der Waals surface area (Å²) >= 11 is 0. The van der Waals surface area contributed by atoms with E-state index in [1.807, 2.05) is 37.3 Å². The Morgan fingerprint density at radius 1 is 1.31 bits per heavy atom. The zero-order valence-electron chi connectivity index (χ0n) is 9.44. The van der Waals surface area contributed by atoms with E-state index in [1.54, 1.807) is 12.4 Å². The minimum Gasteiger partial charge on any atom is -0.375 e. The predicted molar refractivity (Wildman–Crippen MR) is 64.5 cm³/mol. The van der Waals surface area contributed by atoms with Crippen LogP contribution in [0.25, 0.3) is 0 Å². The van der Waals surface area contributed by atoms with Crippen LogP contribution in [0.4, 0.5) is 11.5 Å². The third-order valence-corrected chi connectivity index (χ3v) is 2.21. The van der Waals surface area contributed by atoms with Crippen LogP contribution < -0.4 is 10.2 Å². The number of nitrogens with zero attached hydrogens (tertiary/aromatic N) is 3. The first-order valence-electron chi connectivity index (χ1n) is 5.12. The highest BCUT2D eigenvalue weighted by atomic mass is 15.2. The van der Waals surface area contributed by atoms with Crippen molar-refractivity contribution in [2.24, 2.45) is 0 Å². The first-order chi connectivity index (χ1) is 7.77. The summed E-state index contributed by atoms with van der Waals surface area (Å²) in [6.07, 6.45) is 5.34. The van der Waals surface area contributed by atoms with Gasteiger partial charge in [0.1, 0.15) is 5.82 Å². The van der Waals surface area contributed by atoms with Gasteiger partial charge in [-0.2, -0.15) is 0 Å². The topological polar surface area (TPSA) is 56.8 Å². The van der Waals surface area contributed by atoms with Crippen molar-refractivity contribution in [2.45, 2.75) is 6.54 Å². The van der Waals surface area contributed by atoms with Gasteiger partial charge in [-0.3, -0.25) is 0 Å². The molecule has 0 unspecified atom stereocenters. The summed E-state index contributed by atoms with van der Waals surface area (Å²) in [5.74, 6) is 1.84. The fourth-order valence-electron chi connectivity index (χ4n) is 1.46. The predicted octanol–water partition coefficient (Wildman–Crippen LogP) is 1.48. The van der Waals surface area contributed by atoms with Gasteiger partial charge in [-0.05, 0) is 12.1 Å². The number of pyridine rings is 1. The number of anilines is 2. The van der Waals surface area contributed by atoms with Crippen LogP contribution in [-0.2, 0) is 6.54 Å². The van der Waals surface area contributed by atoms with Crippen LogP contribution in [0.1, 0.15) is 5.82 Å². The van der Waals surface area contributed by atoms with E-state index in [1.165, 1.54) is 0 Å². The van der Waals surface area contributed by atoms with Crippen LogP contribution in [0.15, 0.2) is 30.7 Å². The van der Waals surface area contributed by atoms with E-state index in [9.17, 15) is 0 Å². The van der Waals surface area contributed by atoms with Gasteiger partial charge in [0, 0.05) is 32.7 Å². The number of H-pyrrole nitrogens is 1. The molecular weight excluding hydrogens is 202 g/mol. The largest absolute Gasteiger partial charge is 0.375 e. The number of imidazole rings is 1. The van der Waals surface area contributed by atoms with Gasteiger partial charge in [0.15, 0.2) is 5.82 Å². The maximum absolute atomic E-state index is 4.31. The lowest BCUT2D eigenvalue weighted by Gasteiger charge is -2.16. The second-order valence-electron chi connectivity index (χ2n) is 3.66. The molecule has 0 aliphatic rings. The van der Waals surface area contributed by atoms with Crippen molar-refractivity contribution in [3.05, 3.63) is 36.5 Å². The van der Waals surface area contributed by atoms with Gasteiger partial charge < -0.3 is 15.2 Å². The third kappa shape index (κ3) is 2.31. The monoisotopic (exact) mass is 217 g/mol. The van der Waals surface area contributed by atoms with Crippen molar-refractivity contribution >= 4 is 11.5 Å². The Hall–Kier alpha value is -2.04. The minimum absolute atomic E-state index is 0.666. The van der Waals surface area contributed by atoms with E-state index in [2.05, 4.69) is 20.3 Å². The number of aromatic amines is 1. The molecule has 0 saturated heterocycles. The lowest BCUT2D eigenvalue weighted by molar-refractivity contribution is 0.987. The van der Waals surface area contributed by atoms with Gasteiger partial charge in [0.25, 0.3) is 0 Å². The molecule has 0 saturated carbocycles. The van der Waals surface area contributed by atoms with E-state index in [4.69, 9.17) is 0 Å². The number of nitrogens with one attached hydrogen (secondary N) is 2. The van der Waals surface area contributed by atoms with Gasteiger partial charge in [-0.25, -0.2) is 9.97 Å². The molecule has 2 aromatic rings. The summed E-state index contributed by atoms with van der Waals surface area (Å²) < 4.78 is 0. The molecule has 0 aromatic carbocycles. The Morgan fingerprint density at radius 3 is 2.88 bits per heavy atom. The molecule has 16 heavy (non-hydrogen) atoms. The van der Waals surface area contributed by atoms with Gasteiger partial charge in [-0.1, -0.05) is 0 Å². The molecule has 0 aliphatic carbocycles. The normalized spacial score (nSPS) is 10.1. The van der Waals surface area contributed by atoms with Gasteiger partial charge in [0.05, 0.1) is 12.2 Å². The number of hydrogen-bond acceptors (Lipinski definition) is 4. The lowest BCUT2D eigenvalue weighted by atomic mass is 10.3.